The highest BCUT2D eigenvalue weighted by atomic mass is 35.5. The zero-order valence-electron chi connectivity index (χ0n) is 13.9. The molecule has 0 aliphatic heterocycles. The van der Waals surface area contributed by atoms with E-state index < -0.39 is 0 Å². The Kier molecular flexibility index (Phi) is 4.12. The number of hydrogen-bond acceptors (Lipinski definition) is 2. The fraction of sp³-hybridized carbons (Fsp3) is 0.524. The van der Waals surface area contributed by atoms with E-state index >= 15 is 0 Å². The van der Waals surface area contributed by atoms with Crippen molar-refractivity contribution in [1.82, 2.24) is 4.98 Å². The summed E-state index contributed by atoms with van der Waals surface area (Å²) in [4.78, 5) is 17.4. The SMILES string of the molecule is Cl.O=C(CC1C2CC3CC(C2)CC1C3)c1nccc2ccccc12. The van der Waals surface area contributed by atoms with Crippen molar-refractivity contribution >= 4 is 29.0 Å². The molecule has 126 valence electrons. The normalized spacial score (nSPS) is 33.4. The van der Waals surface area contributed by atoms with Crippen molar-refractivity contribution in [3.05, 3.63) is 42.2 Å². The van der Waals surface area contributed by atoms with Gasteiger partial charge < -0.3 is 0 Å². The smallest absolute Gasteiger partial charge is 0.182 e. The van der Waals surface area contributed by atoms with Crippen LogP contribution in [0.25, 0.3) is 10.8 Å². The second kappa shape index (κ2) is 6.15. The Bertz CT molecular complexity index is 738. The first-order valence-corrected chi connectivity index (χ1v) is 9.15. The predicted octanol–water partition coefficient (Wildman–Crippen LogP) is 5.30. The average molecular weight is 342 g/mol. The van der Waals surface area contributed by atoms with Gasteiger partial charge in [-0.1, -0.05) is 24.3 Å². The van der Waals surface area contributed by atoms with Gasteiger partial charge in [0.15, 0.2) is 5.78 Å². The lowest BCUT2D eigenvalue weighted by Crippen LogP contribution is -2.45. The average Bonchev–Trinajstić information content (AvgIpc) is 2.57. The predicted molar refractivity (Wildman–Crippen MR) is 98.5 cm³/mol. The fourth-order valence-corrected chi connectivity index (χ4v) is 6.02. The number of nitrogens with zero attached hydrogens (tertiary/aromatic N) is 1. The molecule has 4 saturated carbocycles. The molecule has 4 aliphatic rings. The molecule has 3 heteroatoms. The summed E-state index contributed by atoms with van der Waals surface area (Å²) >= 11 is 0. The molecule has 1 aromatic carbocycles. The summed E-state index contributed by atoms with van der Waals surface area (Å²) in [7, 11) is 0. The van der Waals surface area contributed by atoms with E-state index in [0.29, 0.717) is 11.6 Å². The maximum Gasteiger partial charge on any atom is 0.182 e. The summed E-state index contributed by atoms with van der Waals surface area (Å²) in [6, 6.07) is 10.1. The third kappa shape index (κ3) is 2.56. The van der Waals surface area contributed by atoms with E-state index in [0.717, 1.165) is 40.9 Å². The molecule has 0 unspecified atom stereocenters. The quantitative estimate of drug-likeness (QED) is 0.709. The molecule has 0 spiro atoms. The van der Waals surface area contributed by atoms with Gasteiger partial charge in [0, 0.05) is 18.0 Å². The molecule has 0 radical (unpaired) electrons. The molecule has 0 atom stereocenters. The topological polar surface area (TPSA) is 30.0 Å². The van der Waals surface area contributed by atoms with E-state index in [1.165, 1.54) is 32.1 Å². The van der Waals surface area contributed by atoms with E-state index in [9.17, 15) is 4.79 Å². The number of carbonyl (C=O) groups is 1. The Morgan fingerprint density at radius 3 is 2.33 bits per heavy atom. The first-order chi connectivity index (χ1) is 11.3. The van der Waals surface area contributed by atoms with Crippen LogP contribution in [0.15, 0.2) is 36.5 Å². The lowest BCUT2D eigenvalue weighted by Gasteiger charge is -2.54. The van der Waals surface area contributed by atoms with E-state index in [4.69, 9.17) is 0 Å². The number of carbonyl (C=O) groups excluding carboxylic acids is 1. The van der Waals surface area contributed by atoms with Crippen LogP contribution in [0, 0.1) is 29.6 Å². The van der Waals surface area contributed by atoms with Crippen LogP contribution >= 0.6 is 12.4 Å². The number of halogens is 1. The zero-order chi connectivity index (χ0) is 15.4. The summed E-state index contributed by atoms with van der Waals surface area (Å²) in [5, 5.41) is 2.14. The molecule has 2 aromatic rings. The summed E-state index contributed by atoms with van der Waals surface area (Å²) in [5.41, 5.74) is 0.692. The molecule has 4 bridgehead atoms. The van der Waals surface area contributed by atoms with Crippen LogP contribution in [-0.2, 0) is 0 Å². The van der Waals surface area contributed by atoms with Gasteiger partial charge in [-0.3, -0.25) is 9.78 Å². The molecule has 6 rings (SSSR count). The maximum atomic E-state index is 13.0. The van der Waals surface area contributed by atoms with Crippen molar-refractivity contribution in [2.45, 2.75) is 38.5 Å². The molecular formula is C21H24ClNO. The minimum absolute atomic E-state index is 0. The number of rotatable bonds is 3. The van der Waals surface area contributed by atoms with E-state index in [2.05, 4.69) is 11.1 Å². The minimum atomic E-state index is 0. The Labute approximate surface area is 149 Å². The first-order valence-electron chi connectivity index (χ1n) is 9.15. The van der Waals surface area contributed by atoms with Crippen LogP contribution in [0.2, 0.25) is 0 Å². The van der Waals surface area contributed by atoms with Gasteiger partial charge >= 0.3 is 0 Å². The Balaban J connectivity index is 0.00000146. The number of pyridine rings is 1. The van der Waals surface area contributed by atoms with Crippen molar-refractivity contribution in [2.75, 3.05) is 0 Å². The van der Waals surface area contributed by atoms with Gasteiger partial charge in [-0.05, 0) is 73.1 Å². The Hall–Kier alpha value is -1.41. The van der Waals surface area contributed by atoms with Crippen LogP contribution < -0.4 is 0 Å². The number of benzene rings is 1. The van der Waals surface area contributed by atoms with E-state index in [1.807, 2.05) is 24.3 Å². The lowest BCUT2D eigenvalue weighted by atomic mass is 9.51. The number of Topliss-reactive ketones (excluding diaryl/α,β-unsaturated/α-hetero) is 1. The molecule has 4 aliphatic carbocycles. The number of hydrogen-bond donors (Lipinski definition) is 0. The molecule has 0 amide bonds. The van der Waals surface area contributed by atoms with E-state index in [1.54, 1.807) is 6.20 Å². The van der Waals surface area contributed by atoms with Crippen LogP contribution in [0.1, 0.15) is 49.0 Å². The Morgan fingerprint density at radius 1 is 0.958 bits per heavy atom. The minimum Gasteiger partial charge on any atom is -0.292 e. The summed E-state index contributed by atoms with van der Waals surface area (Å²) in [6.07, 6.45) is 9.50. The second-order valence-corrected chi connectivity index (χ2v) is 8.10. The molecule has 0 saturated heterocycles. The molecule has 1 aromatic heterocycles. The molecule has 0 N–H and O–H groups in total. The monoisotopic (exact) mass is 341 g/mol. The summed E-state index contributed by atoms with van der Waals surface area (Å²) in [6.45, 7) is 0. The standard InChI is InChI=1S/C21H23NO.ClH/c23-20(21-18-4-2-1-3-15(18)5-6-22-21)12-19-16-8-13-7-14(10-16)11-17(19)9-13;/h1-6,13-14,16-17,19H,7-12H2;1H. The highest BCUT2D eigenvalue weighted by molar-refractivity contribution is 6.06. The largest absolute Gasteiger partial charge is 0.292 e. The van der Waals surface area contributed by atoms with Crippen LogP contribution in [0.5, 0.6) is 0 Å². The highest BCUT2D eigenvalue weighted by Crippen LogP contribution is 2.57. The molecule has 24 heavy (non-hydrogen) atoms. The van der Waals surface area contributed by atoms with Crippen molar-refractivity contribution in [2.24, 2.45) is 29.6 Å². The van der Waals surface area contributed by atoms with Crippen LogP contribution in [-0.4, -0.2) is 10.8 Å². The zero-order valence-corrected chi connectivity index (χ0v) is 14.7. The van der Waals surface area contributed by atoms with Gasteiger partial charge in [-0.25, -0.2) is 0 Å². The lowest BCUT2D eigenvalue weighted by molar-refractivity contribution is -0.0367. The van der Waals surface area contributed by atoms with Gasteiger partial charge in [0.1, 0.15) is 5.69 Å². The number of fused-ring (bicyclic) bond motifs is 1. The highest BCUT2D eigenvalue weighted by Gasteiger charge is 2.48. The van der Waals surface area contributed by atoms with Gasteiger partial charge in [0.25, 0.3) is 0 Å². The van der Waals surface area contributed by atoms with Crippen molar-refractivity contribution in [3.63, 3.8) is 0 Å². The van der Waals surface area contributed by atoms with Crippen molar-refractivity contribution in [1.29, 1.82) is 0 Å². The van der Waals surface area contributed by atoms with Gasteiger partial charge in [0.05, 0.1) is 0 Å². The van der Waals surface area contributed by atoms with Crippen LogP contribution in [0.4, 0.5) is 0 Å². The van der Waals surface area contributed by atoms with Crippen LogP contribution in [0.3, 0.4) is 0 Å². The fourth-order valence-electron chi connectivity index (χ4n) is 6.02. The maximum absolute atomic E-state index is 13.0. The summed E-state index contributed by atoms with van der Waals surface area (Å²) < 4.78 is 0. The molecule has 2 nitrogen and oxygen atoms in total. The van der Waals surface area contributed by atoms with Gasteiger partial charge in [0.2, 0.25) is 0 Å². The third-order valence-electron chi connectivity index (χ3n) is 6.78. The second-order valence-electron chi connectivity index (χ2n) is 8.10. The molecular weight excluding hydrogens is 318 g/mol. The third-order valence-corrected chi connectivity index (χ3v) is 6.78. The molecule has 4 fully saturated rings. The molecule has 1 heterocycles. The summed E-state index contributed by atoms with van der Waals surface area (Å²) in [5.74, 6) is 4.45. The first kappa shape index (κ1) is 16.1. The number of aromatic nitrogens is 1. The van der Waals surface area contributed by atoms with Crippen molar-refractivity contribution in [3.8, 4) is 0 Å². The number of ketones is 1. The van der Waals surface area contributed by atoms with Gasteiger partial charge in [-0.15, -0.1) is 12.4 Å². The Morgan fingerprint density at radius 2 is 1.62 bits per heavy atom. The van der Waals surface area contributed by atoms with E-state index in [-0.39, 0.29) is 18.2 Å². The van der Waals surface area contributed by atoms with Crippen molar-refractivity contribution < 1.29 is 4.79 Å². The van der Waals surface area contributed by atoms with Gasteiger partial charge in [-0.2, -0.15) is 0 Å².